The van der Waals surface area contributed by atoms with Crippen LogP contribution in [-0.4, -0.2) is 42.7 Å². The van der Waals surface area contributed by atoms with Crippen LogP contribution >= 0.6 is 23.1 Å². The van der Waals surface area contributed by atoms with Gasteiger partial charge < -0.3 is 19.5 Å². The van der Waals surface area contributed by atoms with Crippen LogP contribution < -0.4 is 10.1 Å². The van der Waals surface area contributed by atoms with Crippen molar-refractivity contribution in [1.82, 2.24) is 4.98 Å². The number of thiazole rings is 1. The number of aromatic nitrogens is 1. The summed E-state index contributed by atoms with van der Waals surface area (Å²) in [5.74, 6) is 0.115. The normalized spacial score (nSPS) is 11.6. The number of ether oxygens (including phenoxy) is 3. The molecule has 0 bridgehead atoms. The van der Waals surface area contributed by atoms with Gasteiger partial charge in [-0.1, -0.05) is 30.0 Å². The molecule has 34 heavy (non-hydrogen) atoms. The number of rotatable bonds is 11. The zero-order valence-electron chi connectivity index (χ0n) is 19.2. The number of esters is 2. The van der Waals surface area contributed by atoms with E-state index < -0.39 is 18.0 Å². The third kappa shape index (κ3) is 7.46. The molecule has 180 valence electrons. The molecule has 0 aliphatic rings. The van der Waals surface area contributed by atoms with E-state index in [1.165, 1.54) is 18.3 Å². The molecule has 1 aromatic heterocycles. The molecule has 2 aromatic carbocycles. The van der Waals surface area contributed by atoms with Gasteiger partial charge in [-0.05, 0) is 31.2 Å². The van der Waals surface area contributed by atoms with Crippen molar-refractivity contribution < 1.29 is 28.6 Å². The highest BCUT2D eigenvalue weighted by molar-refractivity contribution is 8.00. The number of methoxy groups -OCH3 is 1. The molecule has 0 saturated carbocycles. The monoisotopic (exact) mass is 502 g/mol. The maximum atomic E-state index is 12.5. The first-order valence-corrected chi connectivity index (χ1v) is 12.5. The van der Waals surface area contributed by atoms with Crippen molar-refractivity contribution in [3.8, 4) is 5.75 Å². The lowest BCUT2D eigenvalue weighted by Crippen LogP contribution is -2.27. The number of anilines is 1. The Balaban J connectivity index is 1.62. The SMILES string of the molecule is CCOC(=O)CC(CC(=O)Nc1ccc2nc(SCc3ccccc3OC)sc2c1)OC(C)=O. The number of carbonyl (C=O) groups is 3. The molecule has 0 fully saturated rings. The summed E-state index contributed by atoms with van der Waals surface area (Å²) < 4.78 is 17.2. The molecule has 0 radical (unpaired) electrons. The first-order valence-electron chi connectivity index (χ1n) is 10.7. The zero-order valence-corrected chi connectivity index (χ0v) is 20.8. The van der Waals surface area contributed by atoms with Gasteiger partial charge in [0.25, 0.3) is 0 Å². The summed E-state index contributed by atoms with van der Waals surface area (Å²) in [6.45, 7) is 3.13. The van der Waals surface area contributed by atoms with Crippen molar-refractivity contribution in [1.29, 1.82) is 0 Å². The fourth-order valence-corrected chi connectivity index (χ4v) is 5.32. The summed E-state index contributed by atoms with van der Waals surface area (Å²) in [5.41, 5.74) is 2.53. The minimum Gasteiger partial charge on any atom is -0.496 e. The van der Waals surface area contributed by atoms with Crippen LogP contribution in [0.3, 0.4) is 0 Å². The first-order chi connectivity index (χ1) is 16.4. The van der Waals surface area contributed by atoms with E-state index >= 15 is 0 Å². The Morgan fingerprint density at radius 1 is 1.15 bits per heavy atom. The zero-order chi connectivity index (χ0) is 24.5. The van der Waals surface area contributed by atoms with Crippen molar-refractivity contribution >= 4 is 56.8 Å². The first kappa shape index (κ1) is 25.5. The molecule has 1 N–H and O–H groups in total. The van der Waals surface area contributed by atoms with Gasteiger partial charge in [-0.3, -0.25) is 14.4 Å². The Morgan fingerprint density at radius 2 is 1.94 bits per heavy atom. The number of para-hydroxylation sites is 1. The van der Waals surface area contributed by atoms with Gasteiger partial charge >= 0.3 is 11.9 Å². The number of hydrogen-bond donors (Lipinski definition) is 1. The Morgan fingerprint density at radius 3 is 2.68 bits per heavy atom. The van der Waals surface area contributed by atoms with Crippen molar-refractivity contribution in [3.05, 3.63) is 48.0 Å². The quantitative estimate of drug-likeness (QED) is 0.294. The van der Waals surface area contributed by atoms with E-state index in [0.29, 0.717) is 5.69 Å². The number of nitrogens with one attached hydrogen (secondary N) is 1. The molecule has 1 unspecified atom stereocenters. The second-order valence-corrected chi connectivity index (χ2v) is 9.51. The summed E-state index contributed by atoms with van der Waals surface area (Å²) in [5, 5.41) is 2.80. The number of benzene rings is 2. The number of carbonyl (C=O) groups excluding carboxylic acids is 3. The minimum absolute atomic E-state index is 0.154. The van der Waals surface area contributed by atoms with Gasteiger partial charge in [0.2, 0.25) is 5.91 Å². The van der Waals surface area contributed by atoms with Crippen molar-refractivity contribution in [2.45, 2.75) is 42.9 Å². The van der Waals surface area contributed by atoms with Gasteiger partial charge in [0, 0.05) is 23.9 Å². The van der Waals surface area contributed by atoms with Gasteiger partial charge in [-0.25, -0.2) is 4.98 Å². The van der Waals surface area contributed by atoms with E-state index in [2.05, 4.69) is 10.3 Å². The fourth-order valence-electron chi connectivity index (χ4n) is 3.22. The lowest BCUT2D eigenvalue weighted by atomic mass is 10.1. The molecule has 0 saturated heterocycles. The maximum absolute atomic E-state index is 12.5. The second kappa shape index (κ2) is 12.4. The van der Waals surface area contributed by atoms with Gasteiger partial charge in [0.15, 0.2) is 4.34 Å². The number of amides is 1. The summed E-state index contributed by atoms with van der Waals surface area (Å²) in [6, 6.07) is 13.3. The predicted molar refractivity (Wildman–Crippen MR) is 132 cm³/mol. The second-order valence-electron chi connectivity index (χ2n) is 7.26. The molecule has 10 heteroatoms. The summed E-state index contributed by atoms with van der Waals surface area (Å²) in [7, 11) is 1.66. The van der Waals surface area contributed by atoms with Crippen LogP contribution in [0.2, 0.25) is 0 Å². The Kier molecular flexibility index (Phi) is 9.29. The average molecular weight is 503 g/mol. The number of thioether (sulfide) groups is 1. The molecule has 3 rings (SSSR count). The number of nitrogens with zero attached hydrogens (tertiary/aromatic N) is 1. The van der Waals surface area contributed by atoms with Crippen LogP contribution in [0.5, 0.6) is 5.75 Å². The van der Waals surface area contributed by atoms with E-state index in [4.69, 9.17) is 14.2 Å². The van der Waals surface area contributed by atoms with E-state index in [0.717, 1.165) is 31.6 Å². The summed E-state index contributed by atoms with van der Waals surface area (Å²) >= 11 is 3.16. The minimum atomic E-state index is -0.887. The van der Waals surface area contributed by atoms with Crippen LogP contribution in [0.15, 0.2) is 46.8 Å². The van der Waals surface area contributed by atoms with Gasteiger partial charge in [0.1, 0.15) is 11.9 Å². The highest BCUT2D eigenvalue weighted by atomic mass is 32.2. The molecule has 0 spiro atoms. The summed E-state index contributed by atoms with van der Waals surface area (Å²) in [6.07, 6.45) is -1.22. The molecule has 1 amide bonds. The van der Waals surface area contributed by atoms with Crippen LogP contribution in [-0.2, 0) is 29.6 Å². The third-order valence-electron chi connectivity index (χ3n) is 4.64. The van der Waals surface area contributed by atoms with E-state index in [1.807, 2.05) is 36.4 Å². The molecule has 1 heterocycles. The third-order valence-corrected chi connectivity index (χ3v) is 6.85. The van der Waals surface area contributed by atoms with E-state index in [1.54, 1.807) is 31.9 Å². The number of fused-ring (bicyclic) bond motifs is 1. The smallest absolute Gasteiger partial charge is 0.309 e. The molecule has 1 atom stereocenters. The lowest BCUT2D eigenvalue weighted by Gasteiger charge is -2.16. The van der Waals surface area contributed by atoms with Gasteiger partial charge in [0.05, 0.1) is 36.8 Å². The van der Waals surface area contributed by atoms with E-state index in [-0.39, 0.29) is 25.4 Å². The van der Waals surface area contributed by atoms with Crippen LogP contribution in [0.4, 0.5) is 5.69 Å². The highest BCUT2D eigenvalue weighted by Gasteiger charge is 2.21. The fraction of sp³-hybridized carbons (Fsp3) is 0.333. The largest absolute Gasteiger partial charge is 0.496 e. The molecule has 0 aliphatic heterocycles. The van der Waals surface area contributed by atoms with Gasteiger partial charge in [-0.2, -0.15) is 0 Å². The van der Waals surface area contributed by atoms with Crippen LogP contribution in [0, 0.1) is 0 Å². The lowest BCUT2D eigenvalue weighted by molar-refractivity contribution is -0.153. The van der Waals surface area contributed by atoms with E-state index in [9.17, 15) is 14.4 Å². The molecule has 0 aliphatic carbocycles. The van der Waals surface area contributed by atoms with Crippen LogP contribution in [0.1, 0.15) is 32.3 Å². The molecule has 3 aromatic rings. The van der Waals surface area contributed by atoms with Gasteiger partial charge in [-0.15, -0.1) is 11.3 Å². The van der Waals surface area contributed by atoms with Crippen molar-refractivity contribution in [2.75, 3.05) is 19.0 Å². The Bertz CT molecular complexity index is 1160. The molecule has 8 nitrogen and oxygen atoms in total. The summed E-state index contributed by atoms with van der Waals surface area (Å²) in [4.78, 5) is 40.3. The van der Waals surface area contributed by atoms with Crippen molar-refractivity contribution in [2.24, 2.45) is 0 Å². The molecular formula is C24H26N2O6S2. The molecular weight excluding hydrogens is 476 g/mol. The highest BCUT2D eigenvalue weighted by Crippen LogP contribution is 2.34. The Hall–Kier alpha value is -3.11. The van der Waals surface area contributed by atoms with Crippen molar-refractivity contribution in [3.63, 3.8) is 0 Å². The average Bonchev–Trinajstić information content (AvgIpc) is 3.19. The standard InChI is InChI=1S/C24H26N2O6S2/c1-4-31-23(29)13-18(32-15(2)27)12-22(28)25-17-9-10-19-21(11-17)34-24(26-19)33-14-16-7-5-6-8-20(16)30-3/h5-11,18H,4,12-14H2,1-3H3,(H,25,28). The predicted octanol–water partition coefficient (Wildman–Crippen LogP) is 4.81. The van der Waals surface area contributed by atoms with Crippen LogP contribution in [0.25, 0.3) is 10.2 Å². The maximum Gasteiger partial charge on any atom is 0.309 e. The topological polar surface area (TPSA) is 104 Å². The number of hydrogen-bond acceptors (Lipinski definition) is 9. The Labute approximate surface area is 206 Å².